The number of cyclic esters (lactones) is 2. The lowest BCUT2D eigenvalue weighted by Crippen LogP contribution is -2.40. The highest BCUT2D eigenvalue weighted by molar-refractivity contribution is 8.17. The molecule has 1 aliphatic heterocycles. The Labute approximate surface area is 91.1 Å². The van der Waals surface area contributed by atoms with Gasteiger partial charge < -0.3 is 9.47 Å². The van der Waals surface area contributed by atoms with Gasteiger partial charge in [0.05, 0.1) is 0 Å². The van der Waals surface area contributed by atoms with Gasteiger partial charge in [-0.2, -0.15) is 0 Å². The van der Waals surface area contributed by atoms with Crippen molar-refractivity contribution in [3.63, 3.8) is 0 Å². The van der Waals surface area contributed by atoms with Crippen LogP contribution < -0.4 is 0 Å². The van der Waals surface area contributed by atoms with Gasteiger partial charge in [-0.3, -0.25) is 9.59 Å². The van der Waals surface area contributed by atoms with Crippen molar-refractivity contribution >= 4 is 35.5 Å². The van der Waals surface area contributed by atoms with E-state index in [9.17, 15) is 9.59 Å². The average molecular weight is 236 g/mol. The van der Waals surface area contributed by atoms with Crippen molar-refractivity contribution in [1.29, 1.82) is 0 Å². The van der Waals surface area contributed by atoms with Gasteiger partial charge >= 0.3 is 16.4 Å². The summed E-state index contributed by atoms with van der Waals surface area (Å²) >= 11 is 2.51. The van der Waals surface area contributed by atoms with Gasteiger partial charge in [-0.25, -0.2) is 0 Å². The number of carbonyl (C=O) groups excluding carboxylic acids is 2. The molecule has 1 aliphatic rings. The molecule has 1 saturated heterocycles. The van der Waals surface area contributed by atoms with Crippen LogP contribution in [-0.4, -0.2) is 27.9 Å². The van der Waals surface area contributed by atoms with Crippen LogP contribution in [0.15, 0.2) is 0 Å². The molecule has 0 bridgehead atoms. The van der Waals surface area contributed by atoms with Gasteiger partial charge in [0.15, 0.2) is 0 Å². The minimum atomic E-state index is -1.18. The molecule has 0 N–H and O–H groups in total. The van der Waals surface area contributed by atoms with Gasteiger partial charge in [0.25, 0.3) is 0 Å². The van der Waals surface area contributed by atoms with E-state index >= 15 is 0 Å². The Hall–Kier alpha value is -0.360. The predicted molar refractivity (Wildman–Crippen MR) is 55.8 cm³/mol. The van der Waals surface area contributed by atoms with Crippen molar-refractivity contribution in [2.45, 2.75) is 30.0 Å². The van der Waals surface area contributed by atoms with E-state index in [4.69, 9.17) is 9.47 Å². The number of carbonyl (C=O) groups is 2. The molecule has 1 rings (SSSR count). The number of rotatable bonds is 3. The fraction of sp³-hybridized carbons (Fsp3) is 0.750. The van der Waals surface area contributed by atoms with E-state index in [1.54, 1.807) is 6.26 Å². The maximum Gasteiger partial charge on any atom is 0.358 e. The van der Waals surface area contributed by atoms with E-state index in [0.29, 0.717) is 0 Å². The lowest BCUT2D eigenvalue weighted by molar-refractivity contribution is -0.193. The van der Waals surface area contributed by atoms with E-state index in [2.05, 4.69) is 0 Å². The van der Waals surface area contributed by atoms with Crippen LogP contribution in [0.2, 0.25) is 0 Å². The van der Waals surface area contributed by atoms with E-state index < -0.39 is 16.4 Å². The van der Waals surface area contributed by atoms with Crippen LogP contribution in [0, 0.1) is 0 Å². The Morgan fingerprint density at radius 1 is 1.29 bits per heavy atom. The lowest BCUT2D eigenvalue weighted by Gasteiger charge is -2.33. The minimum Gasteiger partial charge on any atom is -0.403 e. The Bertz CT molecular complexity index is 236. The van der Waals surface area contributed by atoms with Gasteiger partial charge in [0, 0.05) is 5.25 Å². The summed E-state index contributed by atoms with van der Waals surface area (Å²) in [5.41, 5.74) is 0. The van der Waals surface area contributed by atoms with Crippen molar-refractivity contribution < 1.29 is 19.1 Å². The smallest absolute Gasteiger partial charge is 0.358 e. The molecule has 1 heterocycles. The first-order valence-electron chi connectivity index (χ1n) is 4.14. The second kappa shape index (κ2) is 4.44. The zero-order valence-corrected chi connectivity index (χ0v) is 9.87. The first-order valence-corrected chi connectivity index (χ1v) is 6.24. The Kier molecular flexibility index (Phi) is 3.71. The van der Waals surface area contributed by atoms with Gasteiger partial charge in [-0.15, -0.1) is 0 Å². The van der Waals surface area contributed by atoms with Crippen molar-refractivity contribution in [2.24, 2.45) is 0 Å². The molecule has 14 heavy (non-hydrogen) atoms. The number of ether oxygens (including phenoxy) is 2. The molecular weight excluding hydrogens is 224 g/mol. The molecular formula is C8H12O4S2. The molecule has 0 atom stereocenters. The summed E-state index contributed by atoms with van der Waals surface area (Å²) in [4.78, 5) is 22.2. The van der Waals surface area contributed by atoms with E-state index in [1.165, 1.54) is 23.5 Å². The summed E-state index contributed by atoms with van der Waals surface area (Å²) in [5, 5.41) is 0.209. The minimum absolute atomic E-state index is 0.209. The molecule has 0 aromatic rings. The molecule has 0 aromatic carbocycles. The van der Waals surface area contributed by atoms with Crippen LogP contribution in [0.25, 0.3) is 0 Å². The average Bonchev–Trinajstić information content (AvgIpc) is 2.00. The van der Waals surface area contributed by atoms with Crippen LogP contribution in [-0.2, 0) is 19.1 Å². The lowest BCUT2D eigenvalue weighted by atomic mass is 10.4. The first kappa shape index (κ1) is 11.7. The highest BCUT2D eigenvalue weighted by atomic mass is 32.2. The fourth-order valence-electron chi connectivity index (χ4n) is 0.958. The second-order valence-electron chi connectivity index (χ2n) is 3.00. The van der Waals surface area contributed by atoms with E-state index in [1.807, 2.05) is 13.8 Å². The van der Waals surface area contributed by atoms with Crippen molar-refractivity contribution in [3.05, 3.63) is 0 Å². The highest BCUT2D eigenvalue weighted by Crippen LogP contribution is 2.43. The summed E-state index contributed by atoms with van der Waals surface area (Å²) in [7, 11) is 0. The number of hydrogen-bond donors (Lipinski definition) is 0. The number of thioether (sulfide) groups is 2. The van der Waals surface area contributed by atoms with Crippen LogP contribution in [0.1, 0.15) is 20.3 Å². The number of esters is 2. The third-order valence-corrected chi connectivity index (χ3v) is 3.78. The number of hydrogen-bond acceptors (Lipinski definition) is 6. The monoisotopic (exact) mass is 236 g/mol. The van der Waals surface area contributed by atoms with E-state index in [0.717, 1.165) is 0 Å². The summed E-state index contributed by atoms with van der Waals surface area (Å²) in [6.45, 7) is 3.89. The summed E-state index contributed by atoms with van der Waals surface area (Å²) in [6, 6.07) is 0. The maximum atomic E-state index is 11.1. The molecule has 80 valence electrons. The van der Waals surface area contributed by atoms with Gasteiger partial charge in [0.1, 0.15) is 6.42 Å². The maximum absolute atomic E-state index is 11.1. The molecule has 0 aromatic heterocycles. The Morgan fingerprint density at radius 2 is 1.79 bits per heavy atom. The normalized spacial score (nSPS) is 20.6. The third-order valence-electron chi connectivity index (χ3n) is 1.40. The molecule has 0 unspecified atom stereocenters. The third kappa shape index (κ3) is 2.81. The quantitative estimate of drug-likeness (QED) is 0.421. The largest absolute Gasteiger partial charge is 0.403 e. The molecule has 4 nitrogen and oxygen atoms in total. The predicted octanol–water partition coefficient (Wildman–Crippen LogP) is 1.59. The molecule has 0 spiro atoms. The van der Waals surface area contributed by atoms with Crippen molar-refractivity contribution in [3.8, 4) is 0 Å². The van der Waals surface area contributed by atoms with Gasteiger partial charge in [0.2, 0.25) is 0 Å². The van der Waals surface area contributed by atoms with Crippen LogP contribution in [0.4, 0.5) is 0 Å². The van der Waals surface area contributed by atoms with Crippen molar-refractivity contribution in [1.82, 2.24) is 0 Å². The van der Waals surface area contributed by atoms with Crippen molar-refractivity contribution in [2.75, 3.05) is 6.26 Å². The molecule has 0 amide bonds. The van der Waals surface area contributed by atoms with Gasteiger partial charge in [-0.05, 0) is 6.26 Å². The summed E-state index contributed by atoms with van der Waals surface area (Å²) in [5.74, 6) is -1.05. The summed E-state index contributed by atoms with van der Waals surface area (Å²) < 4.78 is 8.92. The first-order chi connectivity index (χ1) is 6.47. The molecule has 0 aliphatic carbocycles. The highest BCUT2D eigenvalue weighted by Gasteiger charge is 2.44. The van der Waals surface area contributed by atoms with E-state index in [-0.39, 0.29) is 11.7 Å². The molecule has 0 radical (unpaired) electrons. The Morgan fingerprint density at radius 3 is 2.14 bits per heavy atom. The van der Waals surface area contributed by atoms with Crippen LogP contribution in [0.5, 0.6) is 0 Å². The topological polar surface area (TPSA) is 52.6 Å². The SMILES string of the molecule is CSC1(SC(C)C)OC(=O)CC(=O)O1. The van der Waals surface area contributed by atoms with Gasteiger partial charge in [-0.1, -0.05) is 37.4 Å². The fourth-order valence-corrected chi connectivity index (χ4v) is 3.13. The molecule has 0 saturated carbocycles. The second-order valence-corrected chi connectivity index (χ2v) is 5.92. The molecule has 6 heteroatoms. The zero-order valence-electron chi connectivity index (χ0n) is 8.23. The Balaban J connectivity index is 2.76. The molecule has 1 fully saturated rings. The van der Waals surface area contributed by atoms with Crippen LogP contribution >= 0.6 is 23.5 Å². The van der Waals surface area contributed by atoms with Crippen LogP contribution in [0.3, 0.4) is 0 Å². The standard InChI is InChI=1S/C8H12O4S2/c1-5(2)14-8(13-3)11-6(9)4-7(10)12-8/h5H,4H2,1-3H3. The summed E-state index contributed by atoms with van der Waals surface area (Å²) in [6.07, 6.45) is 1.45. The zero-order chi connectivity index (χ0) is 10.8.